The van der Waals surface area contributed by atoms with E-state index in [9.17, 15) is 23.5 Å². The summed E-state index contributed by atoms with van der Waals surface area (Å²) in [4.78, 5) is 26.0. The second-order valence-corrected chi connectivity index (χ2v) is 7.87. The van der Waals surface area contributed by atoms with Crippen LogP contribution in [0.15, 0.2) is 72.8 Å². The average Bonchev–Trinajstić information content (AvgIpc) is 2.79. The maximum Gasteiger partial charge on any atom is 0.248 e. The molecule has 3 unspecified atom stereocenters. The number of aliphatic hydroxyl groups excluding tert-OH is 1. The molecule has 0 aliphatic carbocycles. The number of carbonyl (C=O) groups is 2. The van der Waals surface area contributed by atoms with Gasteiger partial charge in [-0.15, -0.1) is 0 Å². The number of anilines is 1. The molecule has 0 spiro atoms. The van der Waals surface area contributed by atoms with Gasteiger partial charge in [-0.05, 0) is 72.5 Å². The van der Waals surface area contributed by atoms with Crippen LogP contribution in [0.2, 0.25) is 0 Å². The number of amides is 2. The minimum Gasteiger partial charge on any atom is -0.388 e. The summed E-state index contributed by atoms with van der Waals surface area (Å²) in [5.74, 6) is -1.87. The predicted molar refractivity (Wildman–Crippen MR) is 116 cm³/mol. The lowest BCUT2D eigenvalue weighted by Crippen LogP contribution is -2.55. The van der Waals surface area contributed by atoms with Gasteiger partial charge in [0, 0.05) is 11.3 Å². The van der Waals surface area contributed by atoms with E-state index in [-0.39, 0.29) is 17.8 Å². The van der Waals surface area contributed by atoms with Crippen LogP contribution in [0.5, 0.6) is 0 Å². The largest absolute Gasteiger partial charge is 0.388 e. The van der Waals surface area contributed by atoms with Gasteiger partial charge in [0.25, 0.3) is 0 Å². The zero-order valence-electron chi connectivity index (χ0n) is 17.1. The number of hydrogen-bond acceptors (Lipinski definition) is 3. The van der Waals surface area contributed by atoms with E-state index in [1.165, 1.54) is 36.4 Å². The Morgan fingerprint density at radius 2 is 1.50 bits per heavy atom. The summed E-state index contributed by atoms with van der Waals surface area (Å²) in [6.45, 7) is 0. The SMILES string of the molecule is NC(=O)c1ccc(C2C(CCC(O)c3ccc(F)cc3)C(=O)N2c2ccc(F)cc2)cc1. The van der Waals surface area contributed by atoms with E-state index >= 15 is 0 Å². The highest BCUT2D eigenvalue weighted by atomic mass is 19.1. The van der Waals surface area contributed by atoms with Crippen molar-refractivity contribution in [1.82, 2.24) is 0 Å². The maximum atomic E-state index is 13.4. The monoisotopic (exact) mass is 436 g/mol. The van der Waals surface area contributed by atoms with E-state index in [2.05, 4.69) is 0 Å². The molecule has 3 atom stereocenters. The van der Waals surface area contributed by atoms with Crippen LogP contribution >= 0.6 is 0 Å². The zero-order valence-corrected chi connectivity index (χ0v) is 17.1. The normalized spacial score (nSPS) is 18.8. The highest BCUT2D eigenvalue weighted by molar-refractivity contribution is 6.03. The van der Waals surface area contributed by atoms with Crippen LogP contribution < -0.4 is 10.6 Å². The van der Waals surface area contributed by atoms with E-state index in [4.69, 9.17) is 5.73 Å². The van der Waals surface area contributed by atoms with E-state index in [0.717, 1.165) is 5.56 Å². The fraction of sp³-hybridized carbons (Fsp3) is 0.200. The van der Waals surface area contributed by atoms with E-state index in [1.54, 1.807) is 41.3 Å². The first-order valence-electron chi connectivity index (χ1n) is 10.3. The summed E-state index contributed by atoms with van der Waals surface area (Å²) >= 11 is 0. The third kappa shape index (κ3) is 4.24. The van der Waals surface area contributed by atoms with Crippen LogP contribution in [0.25, 0.3) is 0 Å². The van der Waals surface area contributed by atoms with Crippen LogP contribution in [-0.2, 0) is 4.79 Å². The van der Waals surface area contributed by atoms with Crippen LogP contribution in [0, 0.1) is 17.6 Å². The van der Waals surface area contributed by atoms with Gasteiger partial charge < -0.3 is 15.7 Å². The Kier molecular flexibility index (Phi) is 6.01. The van der Waals surface area contributed by atoms with Gasteiger partial charge in [-0.2, -0.15) is 0 Å². The molecule has 32 heavy (non-hydrogen) atoms. The Bertz CT molecular complexity index is 1120. The van der Waals surface area contributed by atoms with Crippen molar-refractivity contribution in [2.75, 3.05) is 4.90 Å². The summed E-state index contributed by atoms with van der Waals surface area (Å²) in [5.41, 5.74) is 7.63. The molecule has 7 heteroatoms. The van der Waals surface area contributed by atoms with E-state index in [1.807, 2.05) is 0 Å². The average molecular weight is 436 g/mol. The first kappa shape index (κ1) is 21.6. The lowest BCUT2D eigenvalue weighted by atomic mass is 9.78. The zero-order chi connectivity index (χ0) is 22.8. The molecule has 1 fully saturated rings. The molecule has 1 aliphatic heterocycles. The number of carbonyl (C=O) groups excluding carboxylic acids is 2. The Balaban J connectivity index is 1.57. The van der Waals surface area contributed by atoms with Crippen molar-refractivity contribution in [3.05, 3.63) is 101 Å². The summed E-state index contributed by atoms with van der Waals surface area (Å²) in [6.07, 6.45) is -0.118. The van der Waals surface area contributed by atoms with Gasteiger partial charge >= 0.3 is 0 Å². The van der Waals surface area contributed by atoms with Gasteiger partial charge in [0.05, 0.1) is 18.1 Å². The molecule has 0 bridgehead atoms. The molecular weight excluding hydrogens is 414 g/mol. The number of β-lactam (4-membered cyclic amide) rings is 1. The summed E-state index contributed by atoms with van der Waals surface area (Å²) in [5, 5.41) is 10.5. The van der Waals surface area contributed by atoms with Gasteiger partial charge in [0.15, 0.2) is 0 Å². The van der Waals surface area contributed by atoms with Crippen LogP contribution in [0.1, 0.15) is 46.5 Å². The van der Waals surface area contributed by atoms with Crippen molar-refractivity contribution in [3.63, 3.8) is 0 Å². The van der Waals surface area contributed by atoms with Crippen molar-refractivity contribution >= 4 is 17.5 Å². The van der Waals surface area contributed by atoms with Crippen molar-refractivity contribution in [1.29, 1.82) is 0 Å². The molecule has 2 amide bonds. The molecule has 1 heterocycles. The molecular formula is C25H22F2N2O3. The fourth-order valence-electron chi connectivity index (χ4n) is 4.13. The third-order valence-corrected chi connectivity index (χ3v) is 5.86. The second kappa shape index (κ2) is 8.88. The minimum atomic E-state index is -0.832. The Hall–Kier alpha value is -3.58. The van der Waals surface area contributed by atoms with Gasteiger partial charge in [-0.1, -0.05) is 24.3 Å². The van der Waals surface area contributed by atoms with Crippen molar-refractivity contribution in [2.45, 2.75) is 25.0 Å². The van der Waals surface area contributed by atoms with Crippen molar-refractivity contribution in [2.24, 2.45) is 11.7 Å². The molecule has 3 aromatic carbocycles. The lowest BCUT2D eigenvalue weighted by molar-refractivity contribution is -0.131. The number of nitrogens with two attached hydrogens (primary N) is 1. The molecule has 4 rings (SSSR count). The topological polar surface area (TPSA) is 83.6 Å². The molecule has 164 valence electrons. The molecule has 0 radical (unpaired) electrons. The number of aliphatic hydroxyl groups is 1. The standard InChI is InChI=1S/C25H22F2N2O3/c26-18-7-5-15(6-8-18)22(30)14-13-21-23(16-1-3-17(4-2-16)24(28)31)29(25(21)32)20-11-9-19(27)10-12-20/h1-12,21-23,30H,13-14H2,(H2,28,31). The fourth-order valence-corrected chi connectivity index (χ4v) is 4.13. The molecule has 1 saturated heterocycles. The Labute approximate surface area is 184 Å². The van der Waals surface area contributed by atoms with Gasteiger partial charge in [0.2, 0.25) is 11.8 Å². The number of primary amides is 1. The summed E-state index contributed by atoms with van der Waals surface area (Å²) < 4.78 is 26.5. The van der Waals surface area contributed by atoms with E-state index in [0.29, 0.717) is 29.7 Å². The van der Waals surface area contributed by atoms with Gasteiger partial charge in [-0.3, -0.25) is 9.59 Å². The van der Waals surface area contributed by atoms with Gasteiger partial charge in [-0.25, -0.2) is 8.78 Å². The third-order valence-electron chi connectivity index (χ3n) is 5.86. The first-order valence-corrected chi connectivity index (χ1v) is 10.3. The number of nitrogens with zero attached hydrogens (tertiary/aromatic N) is 1. The highest BCUT2D eigenvalue weighted by Gasteiger charge is 2.48. The molecule has 3 N–H and O–H groups in total. The molecule has 3 aromatic rings. The molecule has 5 nitrogen and oxygen atoms in total. The molecule has 1 aliphatic rings. The minimum absolute atomic E-state index is 0.133. The van der Waals surface area contributed by atoms with Crippen LogP contribution in [0.4, 0.5) is 14.5 Å². The number of benzene rings is 3. The number of hydrogen-bond donors (Lipinski definition) is 2. The quantitative estimate of drug-likeness (QED) is 0.542. The van der Waals surface area contributed by atoms with E-state index < -0.39 is 23.7 Å². The van der Waals surface area contributed by atoms with Crippen LogP contribution in [-0.4, -0.2) is 16.9 Å². The second-order valence-electron chi connectivity index (χ2n) is 7.87. The van der Waals surface area contributed by atoms with Crippen molar-refractivity contribution < 1.29 is 23.5 Å². The Morgan fingerprint density at radius 3 is 2.06 bits per heavy atom. The number of halogens is 2. The Morgan fingerprint density at radius 1 is 0.938 bits per heavy atom. The molecule has 0 aromatic heterocycles. The molecule has 0 saturated carbocycles. The van der Waals surface area contributed by atoms with Gasteiger partial charge in [0.1, 0.15) is 11.6 Å². The highest BCUT2D eigenvalue weighted by Crippen LogP contribution is 2.46. The van der Waals surface area contributed by atoms with Crippen molar-refractivity contribution in [3.8, 4) is 0 Å². The first-order chi connectivity index (χ1) is 15.3. The summed E-state index contributed by atoms with van der Waals surface area (Å²) in [6, 6.07) is 17.6. The van der Waals surface area contributed by atoms with Crippen LogP contribution in [0.3, 0.4) is 0 Å². The number of rotatable bonds is 7. The smallest absolute Gasteiger partial charge is 0.248 e. The summed E-state index contributed by atoms with van der Waals surface area (Å²) in [7, 11) is 0. The maximum absolute atomic E-state index is 13.4. The lowest BCUT2D eigenvalue weighted by Gasteiger charge is -2.48. The predicted octanol–water partition coefficient (Wildman–Crippen LogP) is 4.28.